The molecular formula is C15H15F5N3O+. The van der Waals surface area contributed by atoms with Crippen molar-refractivity contribution in [3.63, 3.8) is 0 Å². The summed E-state index contributed by atoms with van der Waals surface area (Å²) in [4.78, 5) is 0. The summed E-state index contributed by atoms with van der Waals surface area (Å²) in [7, 11) is 0. The summed E-state index contributed by atoms with van der Waals surface area (Å²) in [6.45, 7) is 6.26. The van der Waals surface area contributed by atoms with Crippen molar-refractivity contribution in [1.82, 2.24) is 9.78 Å². The molecule has 0 amide bonds. The summed E-state index contributed by atoms with van der Waals surface area (Å²) in [5, 5.41) is 3.94. The molecule has 1 aromatic heterocycles. The van der Waals surface area contributed by atoms with Gasteiger partial charge in [-0.2, -0.15) is 8.78 Å². The van der Waals surface area contributed by atoms with Gasteiger partial charge < -0.3 is 4.74 Å². The van der Waals surface area contributed by atoms with E-state index in [4.69, 9.17) is 4.74 Å². The van der Waals surface area contributed by atoms with E-state index in [1.807, 2.05) is 20.8 Å². The zero-order valence-corrected chi connectivity index (χ0v) is 13.2. The van der Waals surface area contributed by atoms with E-state index in [-0.39, 0.29) is 18.1 Å². The molecule has 4 nitrogen and oxygen atoms in total. The number of nitrogens with zero attached hydrogens (tertiary/aromatic N) is 3. The minimum Gasteiger partial charge on any atom is -0.367 e. The lowest BCUT2D eigenvalue weighted by molar-refractivity contribution is -0.755. The first-order chi connectivity index (χ1) is 11.1. The van der Waals surface area contributed by atoms with Gasteiger partial charge in [-0.15, -0.1) is 0 Å². The van der Waals surface area contributed by atoms with Gasteiger partial charge in [-0.1, -0.05) is 25.5 Å². The Kier molecular flexibility index (Phi) is 3.86. The summed E-state index contributed by atoms with van der Waals surface area (Å²) >= 11 is 0. The van der Waals surface area contributed by atoms with Crippen LogP contribution in [0.2, 0.25) is 0 Å². The molecule has 0 aliphatic carbocycles. The van der Waals surface area contributed by atoms with Crippen LogP contribution in [0.3, 0.4) is 0 Å². The fraction of sp³-hybridized carbons (Fsp3) is 0.467. The zero-order chi connectivity index (χ0) is 17.8. The molecule has 1 aliphatic rings. The Labute approximate surface area is 134 Å². The van der Waals surface area contributed by atoms with E-state index in [0.717, 1.165) is 0 Å². The minimum absolute atomic E-state index is 0.0784. The van der Waals surface area contributed by atoms with Gasteiger partial charge in [0.05, 0.1) is 6.61 Å². The number of hydrogen-bond acceptors (Lipinski definition) is 2. The summed E-state index contributed by atoms with van der Waals surface area (Å²) in [6, 6.07) is -0.198. The number of fused-ring (bicyclic) bond motifs is 1. The molecule has 0 bridgehead atoms. The number of benzene rings is 1. The first kappa shape index (κ1) is 16.8. The highest BCUT2D eigenvalue weighted by Crippen LogP contribution is 2.30. The van der Waals surface area contributed by atoms with Gasteiger partial charge in [0.1, 0.15) is 12.6 Å². The fourth-order valence-corrected chi connectivity index (χ4v) is 2.66. The van der Waals surface area contributed by atoms with Gasteiger partial charge in [0.25, 0.3) is 0 Å². The second-order valence-electron chi connectivity index (χ2n) is 6.70. The molecule has 3 rings (SSSR count). The van der Waals surface area contributed by atoms with Crippen LogP contribution < -0.4 is 4.57 Å². The van der Waals surface area contributed by atoms with Crippen LogP contribution in [0.25, 0.3) is 5.69 Å². The van der Waals surface area contributed by atoms with Gasteiger partial charge in [0.15, 0.2) is 0 Å². The fourth-order valence-electron chi connectivity index (χ4n) is 2.66. The van der Waals surface area contributed by atoms with Crippen LogP contribution >= 0.6 is 0 Å². The van der Waals surface area contributed by atoms with Gasteiger partial charge in [0, 0.05) is 5.10 Å². The lowest BCUT2D eigenvalue weighted by Gasteiger charge is -2.31. The van der Waals surface area contributed by atoms with Crippen molar-refractivity contribution < 1.29 is 31.3 Å². The Hall–Kier alpha value is -2.03. The molecule has 130 valence electrons. The standard InChI is InChI=1S/C15H15F5N3O/c1-15(2,3)7-4-24-5-8-21-23(6-22(7)8)14-12(19)10(17)9(16)11(18)13(14)20/h6-7H,4-5H2,1-3H3/q+1. The van der Waals surface area contributed by atoms with Crippen LogP contribution in [0.4, 0.5) is 22.0 Å². The van der Waals surface area contributed by atoms with E-state index in [9.17, 15) is 22.0 Å². The monoisotopic (exact) mass is 348 g/mol. The molecule has 0 spiro atoms. The van der Waals surface area contributed by atoms with E-state index in [1.165, 1.54) is 6.33 Å². The third-order valence-electron chi connectivity index (χ3n) is 4.01. The molecule has 1 aromatic carbocycles. The molecule has 2 heterocycles. The van der Waals surface area contributed by atoms with Gasteiger partial charge in [-0.25, -0.2) is 17.7 Å². The number of halogens is 5. The van der Waals surface area contributed by atoms with Crippen molar-refractivity contribution in [3.05, 3.63) is 41.2 Å². The quantitative estimate of drug-likeness (QED) is 0.343. The lowest BCUT2D eigenvalue weighted by Crippen LogP contribution is -2.53. The van der Waals surface area contributed by atoms with Gasteiger partial charge in [0.2, 0.25) is 41.1 Å². The Balaban J connectivity index is 2.19. The predicted octanol–water partition coefficient (Wildman–Crippen LogP) is 2.97. The van der Waals surface area contributed by atoms with E-state index in [0.29, 0.717) is 17.1 Å². The zero-order valence-electron chi connectivity index (χ0n) is 13.2. The largest absolute Gasteiger partial charge is 0.367 e. The van der Waals surface area contributed by atoms with Gasteiger partial charge in [-0.05, 0) is 5.41 Å². The normalized spacial score (nSPS) is 17.9. The highest BCUT2D eigenvalue weighted by molar-refractivity contribution is 5.36. The Morgan fingerprint density at radius 2 is 1.58 bits per heavy atom. The van der Waals surface area contributed by atoms with Crippen molar-refractivity contribution in [2.45, 2.75) is 33.4 Å². The van der Waals surface area contributed by atoms with E-state index in [1.54, 1.807) is 4.57 Å². The van der Waals surface area contributed by atoms with Crippen LogP contribution in [-0.2, 0) is 11.3 Å². The van der Waals surface area contributed by atoms with Crippen molar-refractivity contribution in [1.29, 1.82) is 0 Å². The molecule has 1 aliphatic heterocycles. The Morgan fingerprint density at radius 3 is 2.12 bits per heavy atom. The second kappa shape index (κ2) is 5.51. The smallest absolute Gasteiger partial charge is 0.304 e. The van der Waals surface area contributed by atoms with Crippen LogP contribution in [0.1, 0.15) is 32.6 Å². The van der Waals surface area contributed by atoms with E-state index < -0.39 is 34.8 Å². The number of ether oxygens (including phenoxy) is 1. The molecule has 24 heavy (non-hydrogen) atoms. The van der Waals surface area contributed by atoms with Crippen molar-refractivity contribution in [3.8, 4) is 5.69 Å². The first-order valence-electron chi connectivity index (χ1n) is 7.22. The SMILES string of the molecule is CC(C)(C)C1COCc2nn(-c3c(F)c(F)c(F)c(F)c3F)c[n+]21. The van der Waals surface area contributed by atoms with Gasteiger partial charge in [-0.3, -0.25) is 0 Å². The highest BCUT2D eigenvalue weighted by Gasteiger charge is 2.39. The minimum atomic E-state index is -2.20. The van der Waals surface area contributed by atoms with E-state index >= 15 is 0 Å². The number of aromatic nitrogens is 3. The van der Waals surface area contributed by atoms with E-state index in [2.05, 4.69) is 5.10 Å². The topological polar surface area (TPSA) is 30.9 Å². The van der Waals surface area contributed by atoms with Crippen LogP contribution in [0, 0.1) is 34.5 Å². The number of hydrogen-bond donors (Lipinski definition) is 0. The molecule has 0 radical (unpaired) electrons. The maximum absolute atomic E-state index is 14.0. The first-order valence-corrected chi connectivity index (χ1v) is 7.22. The molecule has 0 saturated carbocycles. The van der Waals surface area contributed by atoms with Crippen LogP contribution in [0.5, 0.6) is 0 Å². The molecule has 0 saturated heterocycles. The highest BCUT2D eigenvalue weighted by atomic mass is 19.2. The third kappa shape index (κ3) is 2.47. The molecule has 0 fully saturated rings. The van der Waals surface area contributed by atoms with Crippen LogP contribution in [-0.4, -0.2) is 16.4 Å². The summed E-state index contributed by atoms with van der Waals surface area (Å²) < 4.78 is 75.6. The maximum Gasteiger partial charge on any atom is 0.304 e. The average Bonchev–Trinajstić information content (AvgIpc) is 2.93. The van der Waals surface area contributed by atoms with Crippen molar-refractivity contribution in [2.75, 3.05) is 6.61 Å². The van der Waals surface area contributed by atoms with Crippen molar-refractivity contribution >= 4 is 0 Å². The van der Waals surface area contributed by atoms with Crippen molar-refractivity contribution in [2.24, 2.45) is 5.41 Å². The molecule has 0 N–H and O–H groups in total. The molecule has 2 aromatic rings. The maximum atomic E-state index is 14.0. The second-order valence-corrected chi connectivity index (χ2v) is 6.70. The summed E-state index contributed by atoms with van der Waals surface area (Å²) in [6.07, 6.45) is 1.23. The van der Waals surface area contributed by atoms with Gasteiger partial charge >= 0.3 is 5.82 Å². The molecule has 1 atom stereocenters. The molecular weight excluding hydrogens is 333 g/mol. The summed E-state index contributed by atoms with van der Waals surface area (Å²) in [5.74, 6) is -9.74. The Morgan fingerprint density at radius 1 is 1.04 bits per heavy atom. The molecule has 9 heteroatoms. The lowest BCUT2D eigenvalue weighted by atomic mass is 9.86. The average molecular weight is 348 g/mol. The van der Waals surface area contributed by atoms with Crippen LogP contribution in [0.15, 0.2) is 6.33 Å². The predicted molar refractivity (Wildman–Crippen MR) is 71.7 cm³/mol. The Bertz CT molecular complexity index is 783. The third-order valence-corrected chi connectivity index (χ3v) is 4.01. The number of rotatable bonds is 1. The summed E-state index contributed by atoms with van der Waals surface area (Å²) in [5.41, 5.74) is -1.37. The molecule has 1 unspecified atom stereocenters.